The monoisotopic (exact) mass is 1100 g/mol. The van der Waals surface area contributed by atoms with Gasteiger partial charge in [0.25, 0.3) is 0 Å². The number of aliphatic hydroxyl groups is 8. The minimum absolute atomic E-state index is 0. The SMILES string of the molecule is O.O.O.O.O=C([O-])c1ccc2cc(C(=O)[O-])ccc2c1.O=C([O-])c1ccc2cc(C(=O)[O-])ccc2c1.OCCN(CCO)CCN(CCO)CCO.OCCN(CCO)CCN(CCO)CCO.[Cu+2].[Cu+2]. The molecule has 0 aliphatic carbocycles. The van der Waals surface area contributed by atoms with Crippen LogP contribution in [0.3, 0.4) is 0 Å². The van der Waals surface area contributed by atoms with Crippen LogP contribution in [0.1, 0.15) is 41.4 Å². The van der Waals surface area contributed by atoms with E-state index in [-0.39, 0.29) is 131 Å². The van der Waals surface area contributed by atoms with E-state index in [2.05, 4.69) is 0 Å². The minimum Gasteiger partial charge on any atom is -0.545 e. The number of carbonyl (C=O) groups is 4. The number of carboxylic acid groups (broad SMARTS) is 4. The maximum atomic E-state index is 10.6. The molecule has 2 radical (unpaired) electrons. The summed E-state index contributed by atoms with van der Waals surface area (Å²) in [4.78, 5) is 50.2. The van der Waals surface area contributed by atoms with Crippen molar-refractivity contribution in [2.24, 2.45) is 0 Å². The summed E-state index contributed by atoms with van der Waals surface area (Å²) < 4.78 is 0. The molecule has 0 aromatic heterocycles. The second-order valence-electron chi connectivity index (χ2n) is 13.9. The molecule has 70 heavy (non-hydrogen) atoms. The Morgan fingerprint density at radius 3 is 0.557 bits per heavy atom. The van der Waals surface area contributed by atoms with Crippen LogP contribution < -0.4 is 20.4 Å². The van der Waals surface area contributed by atoms with Crippen LogP contribution in [0, 0.1) is 0 Å². The summed E-state index contributed by atoms with van der Waals surface area (Å²) in [6, 6.07) is 17.4. The zero-order valence-electron chi connectivity index (χ0n) is 38.3. The quantitative estimate of drug-likeness (QED) is 0.0271. The van der Waals surface area contributed by atoms with E-state index in [1.807, 2.05) is 19.6 Å². The molecule has 4 rings (SSSR count). The smallest absolute Gasteiger partial charge is 0.545 e. The second-order valence-corrected chi connectivity index (χ2v) is 13.9. The summed E-state index contributed by atoms with van der Waals surface area (Å²) in [5.74, 6) is -5.03. The number of nitrogens with zero attached hydrogens (tertiary/aromatic N) is 4. The van der Waals surface area contributed by atoms with Gasteiger partial charge in [0.15, 0.2) is 0 Å². The number of hydrogen-bond acceptors (Lipinski definition) is 20. The number of fused-ring (bicyclic) bond motifs is 2. The molecule has 0 unspecified atom stereocenters. The van der Waals surface area contributed by atoms with Gasteiger partial charge < -0.3 is 102 Å². The summed E-state index contributed by atoms with van der Waals surface area (Å²) >= 11 is 0. The normalized spacial score (nSPS) is 10.0. The Morgan fingerprint density at radius 1 is 0.300 bits per heavy atom. The average Bonchev–Trinajstić information content (AvgIpc) is 3.27. The number of rotatable bonds is 26. The number of aliphatic hydroxyl groups excluding tert-OH is 8. The Balaban J connectivity index is -0.000000190. The predicted octanol–water partition coefficient (Wildman–Crippen LogP) is -9.05. The summed E-state index contributed by atoms with van der Waals surface area (Å²) in [5, 5.41) is 116. The van der Waals surface area contributed by atoms with Gasteiger partial charge in [0.05, 0.1) is 76.7 Å². The van der Waals surface area contributed by atoms with Gasteiger partial charge in [0.2, 0.25) is 0 Å². The molecule has 26 heteroatoms. The van der Waals surface area contributed by atoms with Crippen molar-refractivity contribution in [1.82, 2.24) is 19.6 Å². The van der Waals surface area contributed by atoms with Crippen molar-refractivity contribution in [3.05, 3.63) is 95.1 Å². The maximum absolute atomic E-state index is 10.6. The maximum Gasteiger partial charge on any atom is 2.00 e. The molecule has 16 N–H and O–H groups in total. The Bertz CT molecular complexity index is 1690. The number of benzene rings is 4. The molecular formula is C44H68Cu2N4O20. The summed E-state index contributed by atoms with van der Waals surface area (Å²) in [5.41, 5.74) is 0.254. The van der Waals surface area contributed by atoms with Crippen LogP contribution >= 0.6 is 0 Å². The first kappa shape index (κ1) is 77.1. The van der Waals surface area contributed by atoms with Crippen LogP contribution in [-0.4, -0.2) is 238 Å². The number of hydrogen-bond donors (Lipinski definition) is 8. The van der Waals surface area contributed by atoms with Crippen LogP contribution in [0.15, 0.2) is 72.8 Å². The first-order chi connectivity index (χ1) is 30.7. The first-order valence-corrected chi connectivity index (χ1v) is 20.4. The molecule has 0 aliphatic rings. The van der Waals surface area contributed by atoms with Crippen LogP contribution in [0.5, 0.6) is 0 Å². The van der Waals surface area contributed by atoms with Crippen molar-refractivity contribution >= 4 is 45.4 Å². The summed E-state index contributed by atoms with van der Waals surface area (Å²) in [6.07, 6.45) is 0. The third kappa shape index (κ3) is 31.1. The topological polar surface area (TPSA) is 461 Å². The molecule has 0 heterocycles. The first-order valence-electron chi connectivity index (χ1n) is 20.4. The zero-order valence-corrected chi connectivity index (χ0v) is 40.2. The van der Waals surface area contributed by atoms with Crippen LogP contribution in [0.25, 0.3) is 21.5 Å². The molecule has 0 fully saturated rings. The van der Waals surface area contributed by atoms with Crippen LogP contribution in [-0.2, 0) is 34.1 Å². The molecule has 406 valence electrons. The molecule has 0 amide bonds. The van der Waals surface area contributed by atoms with Gasteiger partial charge in [-0.2, -0.15) is 0 Å². The van der Waals surface area contributed by atoms with Crippen LogP contribution in [0.2, 0.25) is 0 Å². The van der Waals surface area contributed by atoms with Gasteiger partial charge in [-0.1, -0.05) is 48.5 Å². The van der Waals surface area contributed by atoms with Gasteiger partial charge in [0, 0.05) is 78.5 Å². The van der Waals surface area contributed by atoms with Crippen molar-refractivity contribution in [3.8, 4) is 0 Å². The van der Waals surface area contributed by atoms with E-state index in [1.54, 1.807) is 0 Å². The largest absolute Gasteiger partial charge is 2.00 e. The molecular weight excluding hydrogens is 1030 g/mol. The third-order valence-corrected chi connectivity index (χ3v) is 9.42. The van der Waals surface area contributed by atoms with Gasteiger partial charge in [-0.15, -0.1) is 0 Å². The molecule has 24 nitrogen and oxygen atoms in total. The van der Waals surface area contributed by atoms with E-state index in [9.17, 15) is 39.6 Å². The van der Waals surface area contributed by atoms with Crippen molar-refractivity contribution in [3.63, 3.8) is 0 Å². The third-order valence-electron chi connectivity index (χ3n) is 9.42. The van der Waals surface area contributed by atoms with E-state index in [0.29, 0.717) is 100 Å². The van der Waals surface area contributed by atoms with Gasteiger partial charge in [-0.25, -0.2) is 0 Å². The summed E-state index contributed by atoms with van der Waals surface area (Å²) in [6.45, 7) is 7.67. The Hall–Kier alpha value is -4.32. The second kappa shape index (κ2) is 45.8. The predicted molar refractivity (Wildman–Crippen MR) is 242 cm³/mol. The van der Waals surface area contributed by atoms with Crippen molar-refractivity contribution in [2.75, 3.05) is 131 Å². The van der Waals surface area contributed by atoms with Crippen molar-refractivity contribution in [1.29, 1.82) is 0 Å². The van der Waals surface area contributed by atoms with Gasteiger partial charge in [0.1, 0.15) is 0 Å². The van der Waals surface area contributed by atoms with E-state index in [1.165, 1.54) is 72.8 Å². The summed E-state index contributed by atoms with van der Waals surface area (Å²) in [7, 11) is 0. The Morgan fingerprint density at radius 2 is 0.443 bits per heavy atom. The average molecular weight is 1100 g/mol. The minimum atomic E-state index is -1.26. The zero-order chi connectivity index (χ0) is 47.9. The molecule has 0 saturated heterocycles. The van der Waals surface area contributed by atoms with Crippen LogP contribution in [0.4, 0.5) is 0 Å². The Kier molecular flexibility index (Phi) is 50.5. The molecule has 0 atom stereocenters. The standard InChI is InChI=1S/2C12H8O4.2C10H24N2O4.2Cu.4H2O/c2*13-11(14)9-3-1-7-5-10(12(15)16)4-2-8(7)6-9;2*13-7-3-11(4-8-14)1-2-12(5-9-15)6-10-16;;;;;;/h2*1-6H,(H,13,14)(H,15,16);2*13-16H,1-10H2;;;4*1H2/q;;;;2*+2;;;;/p-4. The van der Waals surface area contributed by atoms with E-state index in [4.69, 9.17) is 40.9 Å². The van der Waals surface area contributed by atoms with Crippen molar-refractivity contribution < 1.29 is 136 Å². The number of carbonyl (C=O) groups excluding carboxylic acids is 4. The van der Waals surface area contributed by atoms with E-state index < -0.39 is 23.9 Å². The van der Waals surface area contributed by atoms with Gasteiger partial charge in [-0.05, 0) is 68.1 Å². The molecule has 4 aromatic carbocycles. The molecule has 0 saturated carbocycles. The molecule has 0 bridgehead atoms. The van der Waals surface area contributed by atoms with Crippen molar-refractivity contribution in [2.45, 2.75) is 0 Å². The fourth-order valence-corrected chi connectivity index (χ4v) is 6.04. The molecule has 4 aromatic rings. The van der Waals surface area contributed by atoms with Gasteiger partial charge in [-0.3, -0.25) is 19.6 Å². The molecule has 0 spiro atoms. The fourth-order valence-electron chi connectivity index (χ4n) is 6.04. The Labute approximate surface area is 426 Å². The number of aromatic carboxylic acids is 4. The van der Waals surface area contributed by atoms with Gasteiger partial charge >= 0.3 is 34.1 Å². The number of carboxylic acids is 4. The fraction of sp³-hybridized carbons (Fsp3) is 0.455. The van der Waals surface area contributed by atoms with E-state index in [0.717, 1.165) is 0 Å². The molecule has 0 aliphatic heterocycles. The van der Waals surface area contributed by atoms with E-state index >= 15 is 0 Å².